The molecule has 0 saturated heterocycles. The molecule has 1 aromatic rings. The number of methoxy groups -OCH3 is 1. The first-order chi connectivity index (χ1) is 9.49. The normalized spacial score (nSPS) is 12.7. The van der Waals surface area contributed by atoms with Gasteiger partial charge in [0.25, 0.3) is 5.91 Å². The van der Waals surface area contributed by atoms with Crippen LogP contribution in [0, 0.1) is 25.2 Å². The maximum Gasteiger partial charge on any atom is 0.262 e. The molecule has 0 bridgehead atoms. The van der Waals surface area contributed by atoms with E-state index in [9.17, 15) is 4.79 Å². The van der Waals surface area contributed by atoms with Crippen LogP contribution in [0.4, 0.5) is 0 Å². The van der Waals surface area contributed by atoms with Crippen molar-refractivity contribution in [3.05, 3.63) is 40.5 Å². The van der Waals surface area contributed by atoms with E-state index >= 15 is 0 Å². The predicted molar refractivity (Wildman–Crippen MR) is 79.0 cm³/mol. The number of benzene rings is 1. The van der Waals surface area contributed by atoms with Crippen molar-refractivity contribution in [2.75, 3.05) is 13.7 Å². The van der Waals surface area contributed by atoms with Gasteiger partial charge < -0.3 is 10.1 Å². The second-order valence-electron chi connectivity index (χ2n) is 4.79. The van der Waals surface area contributed by atoms with Gasteiger partial charge in [-0.2, -0.15) is 5.26 Å². The van der Waals surface area contributed by atoms with E-state index in [4.69, 9.17) is 10.00 Å². The summed E-state index contributed by atoms with van der Waals surface area (Å²) < 4.78 is 4.95. The molecule has 0 aliphatic rings. The number of ether oxygens (including phenoxy) is 1. The Labute approximate surface area is 120 Å². The molecule has 0 heterocycles. The summed E-state index contributed by atoms with van der Waals surface area (Å²) in [6.45, 7) is 6.21. The molecule has 0 saturated carbocycles. The Morgan fingerprint density at radius 3 is 2.80 bits per heavy atom. The fourth-order valence-electron chi connectivity index (χ4n) is 1.83. The van der Waals surface area contributed by atoms with E-state index in [-0.39, 0.29) is 17.5 Å². The zero-order valence-corrected chi connectivity index (χ0v) is 12.4. The number of amides is 1. The van der Waals surface area contributed by atoms with Crippen LogP contribution in [0.3, 0.4) is 0 Å². The molecule has 1 atom stereocenters. The monoisotopic (exact) mass is 272 g/mol. The van der Waals surface area contributed by atoms with Gasteiger partial charge in [-0.25, -0.2) is 0 Å². The Bertz CT molecular complexity index is 556. The van der Waals surface area contributed by atoms with Crippen LogP contribution < -0.4 is 5.32 Å². The van der Waals surface area contributed by atoms with Crippen LogP contribution in [-0.2, 0) is 9.53 Å². The number of carbonyl (C=O) groups is 1. The van der Waals surface area contributed by atoms with Gasteiger partial charge in [0.15, 0.2) is 0 Å². The number of hydrogen-bond donors (Lipinski definition) is 1. The summed E-state index contributed by atoms with van der Waals surface area (Å²) in [5.41, 5.74) is 3.18. The van der Waals surface area contributed by atoms with Crippen molar-refractivity contribution in [2.24, 2.45) is 0 Å². The number of hydrogen-bond acceptors (Lipinski definition) is 3. The molecule has 0 aromatic heterocycles. The quantitative estimate of drug-likeness (QED) is 0.661. The van der Waals surface area contributed by atoms with Crippen molar-refractivity contribution in [2.45, 2.75) is 26.8 Å². The van der Waals surface area contributed by atoms with Crippen LogP contribution in [0.1, 0.15) is 23.6 Å². The fraction of sp³-hybridized carbons (Fsp3) is 0.375. The molecule has 4 nitrogen and oxygen atoms in total. The minimum absolute atomic E-state index is 0.0988. The van der Waals surface area contributed by atoms with Gasteiger partial charge in [0.05, 0.1) is 6.61 Å². The highest BCUT2D eigenvalue weighted by molar-refractivity contribution is 6.02. The largest absolute Gasteiger partial charge is 0.383 e. The molecule has 1 rings (SSSR count). The van der Waals surface area contributed by atoms with Gasteiger partial charge in [0.1, 0.15) is 11.6 Å². The van der Waals surface area contributed by atoms with Crippen LogP contribution in [-0.4, -0.2) is 25.7 Å². The smallest absolute Gasteiger partial charge is 0.262 e. The van der Waals surface area contributed by atoms with Gasteiger partial charge in [-0.3, -0.25) is 4.79 Å². The molecule has 0 fully saturated rings. The Morgan fingerprint density at radius 2 is 2.20 bits per heavy atom. The van der Waals surface area contributed by atoms with Crippen LogP contribution in [0.5, 0.6) is 0 Å². The molecule has 106 valence electrons. The molecule has 1 N–H and O–H groups in total. The summed E-state index contributed by atoms with van der Waals surface area (Å²) in [5, 5.41) is 11.9. The summed E-state index contributed by atoms with van der Waals surface area (Å²) >= 11 is 0. The highest BCUT2D eigenvalue weighted by Gasteiger charge is 2.12. The third-order valence-corrected chi connectivity index (χ3v) is 3.11. The molecule has 4 heteroatoms. The third kappa shape index (κ3) is 4.22. The highest BCUT2D eigenvalue weighted by atomic mass is 16.5. The van der Waals surface area contributed by atoms with Crippen LogP contribution in [0.2, 0.25) is 0 Å². The van der Waals surface area contributed by atoms with E-state index in [1.54, 1.807) is 13.2 Å². The van der Waals surface area contributed by atoms with Crippen LogP contribution >= 0.6 is 0 Å². The average molecular weight is 272 g/mol. The molecule has 0 aliphatic carbocycles. The first kappa shape index (κ1) is 15.9. The lowest BCUT2D eigenvalue weighted by Gasteiger charge is -2.12. The SMILES string of the molecule is COC[C@@H](C)NC(=O)/C(C#N)=C/c1cccc(C)c1C. The van der Waals surface area contributed by atoms with Crippen molar-refractivity contribution in [1.82, 2.24) is 5.32 Å². The number of nitrogens with zero attached hydrogens (tertiary/aromatic N) is 1. The van der Waals surface area contributed by atoms with E-state index in [0.29, 0.717) is 6.61 Å². The van der Waals surface area contributed by atoms with Gasteiger partial charge in [-0.1, -0.05) is 18.2 Å². The first-order valence-corrected chi connectivity index (χ1v) is 6.47. The molecular formula is C16H20N2O2. The number of rotatable bonds is 5. The van der Waals surface area contributed by atoms with Crippen LogP contribution in [0.15, 0.2) is 23.8 Å². The van der Waals surface area contributed by atoms with E-state index in [0.717, 1.165) is 16.7 Å². The lowest BCUT2D eigenvalue weighted by Crippen LogP contribution is -2.36. The van der Waals surface area contributed by atoms with E-state index in [1.807, 2.05) is 45.0 Å². The van der Waals surface area contributed by atoms with Crippen molar-refractivity contribution in [3.8, 4) is 6.07 Å². The molecular weight excluding hydrogens is 252 g/mol. The van der Waals surface area contributed by atoms with Crippen molar-refractivity contribution in [3.63, 3.8) is 0 Å². The standard InChI is InChI=1S/C16H20N2O2/c1-11-6-5-7-14(13(11)3)8-15(9-17)16(19)18-12(2)10-20-4/h5-8,12H,10H2,1-4H3,(H,18,19)/b15-8+/t12-/m1/s1. The Kier molecular flexibility index (Phi) is 5.95. The number of nitriles is 1. The first-order valence-electron chi connectivity index (χ1n) is 6.47. The minimum atomic E-state index is -0.377. The van der Waals surface area contributed by atoms with Crippen LogP contribution in [0.25, 0.3) is 6.08 Å². The minimum Gasteiger partial charge on any atom is -0.383 e. The molecule has 0 unspecified atom stereocenters. The highest BCUT2D eigenvalue weighted by Crippen LogP contribution is 2.16. The summed E-state index contributed by atoms with van der Waals surface area (Å²) in [4.78, 5) is 12.0. The van der Waals surface area contributed by atoms with E-state index < -0.39 is 0 Å². The topological polar surface area (TPSA) is 62.1 Å². The predicted octanol–water partition coefficient (Wildman–Crippen LogP) is 2.36. The number of aryl methyl sites for hydroxylation is 1. The number of nitrogens with one attached hydrogen (secondary N) is 1. The Hall–Kier alpha value is -2.12. The zero-order valence-electron chi connectivity index (χ0n) is 12.4. The second-order valence-corrected chi connectivity index (χ2v) is 4.79. The lowest BCUT2D eigenvalue weighted by molar-refractivity contribution is -0.117. The van der Waals surface area contributed by atoms with Gasteiger partial charge in [-0.05, 0) is 43.5 Å². The molecule has 1 amide bonds. The summed E-state index contributed by atoms with van der Waals surface area (Å²) in [5.74, 6) is -0.377. The van der Waals surface area contributed by atoms with Gasteiger partial charge in [-0.15, -0.1) is 0 Å². The summed E-state index contributed by atoms with van der Waals surface area (Å²) in [7, 11) is 1.57. The summed E-state index contributed by atoms with van der Waals surface area (Å²) in [6.07, 6.45) is 1.62. The molecule has 0 spiro atoms. The number of carbonyl (C=O) groups excluding carboxylic acids is 1. The molecule has 0 radical (unpaired) electrons. The average Bonchev–Trinajstić information content (AvgIpc) is 2.40. The fourth-order valence-corrected chi connectivity index (χ4v) is 1.83. The van der Waals surface area contributed by atoms with Gasteiger partial charge >= 0.3 is 0 Å². The second kappa shape index (κ2) is 7.46. The Morgan fingerprint density at radius 1 is 1.50 bits per heavy atom. The zero-order chi connectivity index (χ0) is 15.1. The van der Waals surface area contributed by atoms with Gasteiger partial charge in [0, 0.05) is 13.2 Å². The maximum absolute atomic E-state index is 12.0. The third-order valence-electron chi connectivity index (χ3n) is 3.11. The maximum atomic E-state index is 12.0. The van der Waals surface area contributed by atoms with Crippen molar-refractivity contribution >= 4 is 12.0 Å². The summed E-state index contributed by atoms with van der Waals surface area (Å²) in [6, 6.07) is 7.62. The van der Waals surface area contributed by atoms with E-state index in [2.05, 4.69) is 5.32 Å². The van der Waals surface area contributed by atoms with Crippen molar-refractivity contribution < 1.29 is 9.53 Å². The molecule has 0 aliphatic heterocycles. The lowest BCUT2D eigenvalue weighted by atomic mass is 10.0. The Balaban J connectivity index is 2.96. The van der Waals surface area contributed by atoms with E-state index in [1.165, 1.54) is 0 Å². The molecule has 1 aromatic carbocycles. The van der Waals surface area contributed by atoms with Crippen molar-refractivity contribution in [1.29, 1.82) is 5.26 Å². The van der Waals surface area contributed by atoms with Gasteiger partial charge in [0.2, 0.25) is 0 Å². The molecule has 20 heavy (non-hydrogen) atoms.